The van der Waals surface area contributed by atoms with E-state index in [0.29, 0.717) is 17.6 Å². The molecule has 0 amide bonds. The minimum atomic E-state index is 0.573. The normalized spacial score (nSPS) is 11.6. The summed E-state index contributed by atoms with van der Waals surface area (Å²) in [4.78, 5) is 20.1. The lowest BCUT2D eigenvalue weighted by molar-refractivity contribution is 0.953. The van der Waals surface area contributed by atoms with Crippen LogP contribution in [0.1, 0.15) is 0 Å². The Morgan fingerprint density at radius 1 is 0.380 bits per heavy atom. The molecule has 4 aromatic heterocycles. The molecule has 4 heterocycles. The minimum absolute atomic E-state index is 0.573. The van der Waals surface area contributed by atoms with Crippen molar-refractivity contribution >= 4 is 43.7 Å². The Hall–Kier alpha value is -6.92. The van der Waals surface area contributed by atoms with Crippen molar-refractivity contribution in [3.63, 3.8) is 0 Å². The van der Waals surface area contributed by atoms with Crippen molar-refractivity contribution in [2.45, 2.75) is 0 Å². The van der Waals surface area contributed by atoms with Crippen LogP contribution >= 0.6 is 0 Å². The van der Waals surface area contributed by atoms with Crippen LogP contribution in [-0.2, 0) is 0 Å². The largest absolute Gasteiger partial charge is 0.294 e. The Bertz CT molecular complexity index is 2800. The molecular weight excluding hydrogens is 613 g/mol. The molecule has 0 spiro atoms. The standard InChI is InChI=1S/C44H28N6/c1-4-15-29(16-5-1)41-46-42(30-17-6-2-7-18-30)48-44(47-41)50-36-25-11-10-21-34(36)39-32(22-13-27-38(39)50)33-23-12-26-37-40(33)35-24-14-28-45-43(35)49(37)31-19-8-3-9-20-31/h1-28H. The lowest BCUT2D eigenvalue weighted by atomic mass is 9.95. The van der Waals surface area contributed by atoms with Crippen molar-refractivity contribution < 1.29 is 0 Å². The number of hydrogen-bond donors (Lipinski definition) is 0. The predicted octanol–water partition coefficient (Wildman–Crippen LogP) is 10.5. The maximum Gasteiger partial charge on any atom is 0.238 e. The van der Waals surface area contributed by atoms with E-state index in [4.69, 9.17) is 19.9 Å². The molecule has 0 saturated heterocycles. The average molecular weight is 641 g/mol. The number of para-hydroxylation sites is 2. The summed E-state index contributed by atoms with van der Waals surface area (Å²) in [5.41, 5.74) is 9.33. The van der Waals surface area contributed by atoms with Gasteiger partial charge in [-0.25, -0.2) is 9.97 Å². The van der Waals surface area contributed by atoms with Crippen LogP contribution in [-0.4, -0.2) is 29.1 Å². The van der Waals surface area contributed by atoms with Crippen molar-refractivity contribution in [1.82, 2.24) is 29.1 Å². The number of nitrogens with zero attached hydrogens (tertiary/aromatic N) is 6. The van der Waals surface area contributed by atoms with Gasteiger partial charge in [0.05, 0.1) is 16.6 Å². The first kappa shape index (κ1) is 28.1. The molecule has 0 radical (unpaired) electrons. The number of fused-ring (bicyclic) bond motifs is 6. The molecule has 0 saturated carbocycles. The van der Waals surface area contributed by atoms with Gasteiger partial charge >= 0.3 is 0 Å². The molecule has 0 aliphatic heterocycles. The number of rotatable bonds is 5. The highest BCUT2D eigenvalue weighted by Crippen LogP contribution is 2.43. The summed E-state index contributed by atoms with van der Waals surface area (Å²) < 4.78 is 4.45. The third-order valence-electron chi connectivity index (χ3n) is 9.44. The fraction of sp³-hybridized carbons (Fsp3) is 0. The summed E-state index contributed by atoms with van der Waals surface area (Å²) in [6.45, 7) is 0. The Morgan fingerprint density at radius 2 is 0.900 bits per heavy atom. The first-order valence-corrected chi connectivity index (χ1v) is 16.7. The van der Waals surface area contributed by atoms with Crippen LogP contribution in [0.5, 0.6) is 0 Å². The molecule has 50 heavy (non-hydrogen) atoms. The highest BCUT2D eigenvalue weighted by atomic mass is 15.2. The topological polar surface area (TPSA) is 61.4 Å². The third kappa shape index (κ3) is 4.36. The van der Waals surface area contributed by atoms with Gasteiger partial charge in [0.15, 0.2) is 11.6 Å². The first-order valence-electron chi connectivity index (χ1n) is 16.7. The smallest absolute Gasteiger partial charge is 0.238 e. The van der Waals surface area contributed by atoms with E-state index in [0.717, 1.165) is 66.3 Å². The van der Waals surface area contributed by atoms with E-state index in [1.165, 1.54) is 5.39 Å². The van der Waals surface area contributed by atoms with E-state index in [1.54, 1.807) is 0 Å². The second-order valence-electron chi connectivity index (χ2n) is 12.3. The molecule has 0 aliphatic carbocycles. The van der Waals surface area contributed by atoms with Gasteiger partial charge in [-0.05, 0) is 53.6 Å². The third-order valence-corrected chi connectivity index (χ3v) is 9.44. The number of hydrogen-bond acceptors (Lipinski definition) is 4. The zero-order valence-corrected chi connectivity index (χ0v) is 26.8. The summed E-state index contributed by atoms with van der Waals surface area (Å²) in [6.07, 6.45) is 1.87. The molecule has 6 nitrogen and oxygen atoms in total. The van der Waals surface area contributed by atoms with Crippen molar-refractivity contribution in [3.8, 4) is 45.5 Å². The van der Waals surface area contributed by atoms with Crippen molar-refractivity contribution in [2.24, 2.45) is 0 Å². The molecule has 6 heteroatoms. The zero-order valence-electron chi connectivity index (χ0n) is 26.8. The molecule has 6 aromatic carbocycles. The van der Waals surface area contributed by atoms with Gasteiger partial charge in [0, 0.05) is 44.6 Å². The van der Waals surface area contributed by atoms with Gasteiger partial charge in [0.2, 0.25) is 5.95 Å². The van der Waals surface area contributed by atoms with E-state index in [2.05, 4.69) is 100 Å². The second-order valence-corrected chi connectivity index (χ2v) is 12.3. The number of benzene rings is 6. The summed E-state index contributed by atoms with van der Waals surface area (Å²) in [6, 6.07) is 56.5. The second kappa shape index (κ2) is 11.4. The summed E-state index contributed by atoms with van der Waals surface area (Å²) in [5, 5.41) is 4.55. The Labute approximate surface area is 287 Å². The van der Waals surface area contributed by atoms with Crippen molar-refractivity contribution in [1.29, 1.82) is 0 Å². The summed E-state index contributed by atoms with van der Waals surface area (Å²) in [7, 11) is 0. The van der Waals surface area contributed by atoms with Crippen LogP contribution in [0.3, 0.4) is 0 Å². The van der Waals surface area contributed by atoms with Crippen molar-refractivity contribution in [2.75, 3.05) is 0 Å². The molecule has 10 rings (SSSR count). The molecule has 0 unspecified atom stereocenters. The van der Waals surface area contributed by atoms with Gasteiger partial charge in [-0.15, -0.1) is 0 Å². The highest BCUT2D eigenvalue weighted by molar-refractivity contribution is 6.21. The van der Waals surface area contributed by atoms with Crippen LogP contribution < -0.4 is 0 Å². The SMILES string of the molecule is c1ccc(-c2nc(-c3ccccc3)nc(-n3c4ccccc4c4c(-c5cccc6c5c5cccnc5n6-c5ccccc5)cccc43)n2)cc1. The van der Waals surface area contributed by atoms with Gasteiger partial charge < -0.3 is 0 Å². The fourth-order valence-corrected chi connectivity index (χ4v) is 7.31. The lowest BCUT2D eigenvalue weighted by Crippen LogP contribution is -2.06. The minimum Gasteiger partial charge on any atom is -0.294 e. The van der Waals surface area contributed by atoms with Crippen LogP contribution in [0.15, 0.2) is 170 Å². The highest BCUT2D eigenvalue weighted by Gasteiger charge is 2.22. The van der Waals surface area contributed by atoms with Gasteiger partial charge in [-0.3, -0.25) is 9.13 Å². The van der Waals surface area contributed by atoms with Crippen LogP contribution in [0.4, 0.5) is 0 Å². The maximum absolute atomic E-state index is 5.13. The van der Waals surface area contributed by atoms with Crippen LogP contribution in [0.2, 0.25) is 0 Å². The summed E-state index contributed by atoms with van der Waals surface area (Å²) >= 11 is 0. The molecule has 234 valence electrons. The van der Waals surface area contributed by atoms with E-state index in [1.807, 2.05) is 79.0 Å². The van der Waals surface area contributed by atoms with Gasteiger partial charge in [0.25, 0.3) is 0 Å². The molecular formula is C44H28N6. The van der Waals surface area contributed by atoms with Gasteiger partial charge in [0.1, 0.15) is 5.65 Å². The van der Waals surface area contributed by atoms with Crippen molar-refractivity contribution in [3.05, 3.63) is 170 Å². The first-order chi connectivity index (χ1) is 24.8. The molecule has 0 aliphatic rings. The molecule has 0 fully saturated rings. The lowest BCUT2D eigenvalue weighted by Gasteiger charge is -2.11. The average Bonchev–Trinajstić information content (AvgIpc) is 3.72. The van der Waals surface area contributed by atoms with Gasteiger partial charge in [-0.1, -0.05) is 121 Å². The fourth-order valence-electron chi connectivity index (χ4n) is 7.31. The van der Waals surface area contributed by atoms with E-state index in [-0.39, 0.29) is 0 Å². The monoisotopic (exact) mass is 640 g/mol. The predicted molar refractivity (Wildman–Crippen MR) is 203 cm³/mol. The van der Waals surface area contributed by atoms with Crippen LogP contribution in [0, 0.1) is 0 Å². The molecule has 10 aromatic rings. The molecule has 0 atom stereocenters. The van der Waals surface area contributed by atoms with E-state index < -0.39 is 0 Å². The number of pyridine rings is 1. The van der Waals surface area contributed by atoms with Gasteiger partial charge in [-0.2, -0.15) is 9.97 Å². The maximum atomic E-state index is 5.13. The quantitative estimate of drug-likeness (QED) is 0.188. The molecule has 0 bridgehead atoms. The molecule has 0 N–H and O–H groups in total. The van der Waals surface area contributed by atoms with Crippen LogP contribution in [0.25, 0.3) is 89.3 Å². The number of aromatic nitrogens is 6. The Morgan fingerprint density at radius 3 is 1.56 bits per heavy atom. The van der Waals surface area contributed by atoms with E-state index >= 15 is 0 Å². The Kier molecular flexibility index (Phi) is 6.39. The summed E-state index contributed by atoms with van der Waals surface area (Å²) in [5.74, 6) is 1.83. The van der Waals surface area contributed by atoms with E-state index in [9.17, 15) is 0 Å². The Balaban J connectivity index is 1.28. The zero-order chi connectivity index (χ0) is 33.0.